The van der Waals surface area contributed by atoms with Gasteiger partial charge >= 0.3 is 0 Å². The van der Waals surface area contributed by atoms with Gasteiger partial charge in [0.1, 0.15) is 0 Å². The van der Waals surface area contributed by atoms with Gasteiger partial charge in [0.2, 0.25) is 0 Å². The number of H-pyrrole nitrogens is 1. The molecule has 1 aromatic heterocycles. The van der Waals surface area contributed by atoms with Gasteiger partial charge < -0.3 is 15.4 Å². The van der Waals surface area contributed by atoms with Crippen LogP contribution in [0.1, 0.15) is 25.3 Å². The molecular weight excluding hydrogens is 220 g/mol. The number of aromatic nitrogens is 1. The molecule has 0 bridgehead atoms. The Morgan fingerprint density at radius 1 is 1.69 bits per heavy atom. The average molecular weight is 240 g/mol. The van der Waals surface area contributed by atoms with Crippen LogP contribution in [0.15, 0.2) is 18.5 Å². The highest BCUT2D eigenvalue weighted by molar-refractivity contribution is 8.00. The molecule has 16 heavy (non-hydrogen) atoms. The van der Waals surface area contributed by atoms with E-state index in [1.54, 1.807) is 0 Å². The van der Waals surface area contributed by atoms with Crippen molar-refractivity contribution in [3.8, 4) is 0 Å². The van der Waals surface area contributed by atoms with Crippen molar-refractivity contribution in [1.82, 2.24) is 10.3 Å². The smallest absolute Gasteiger partial charge is 0.0889 e. The summed E-state index contributed by atoms with van der Waals surface area (Å²) >= 11 is 1.88. The standard InChI is InChI=1S/C12H20N2OS/c1-2-16-11-3-5-12(11,15)9-14-8-10-4-6-13-7-10/h4,6-7,11,13-15H,2-3,5,8-9H2,1H3. The van der Waals surface area contributed by atoms with Crippen LogP contribution >= 0.6 is 11.8 Å². The molecule has 90 valence electrons. The maximum absolute atomic E-state index is 10.3. The summed E-state index contributed by atoms with van der Waals surface area (Å²) in [6.07, 6.45) is 5.99. The Balaban J connectivity index is 1.73. The van der Waals surface area contributed by atoms with Crippen molar-refractivity contribution in [3.63, 3.8) is 0 Å². The molecule has 1 aliphatic rings. The minimum atomic E-state index is -0.475. The second kappa shape index (κ2) is 5.25. The van der Waals surface area contributed by atoms with Crippen molar-refractivity contribution < 1.29 is 5.11 Å². The molecule has 1 heterocycles. The van der Waals surface area contributed by atoms with E-state index >= 15 is 0 Å². The fourth-order valence-corrected chi connectivity index (χ4v) is 3.33. The summed E-state index contributed by atoms with van der Waals surface area (Å²) in [6.45, 7) is 3.68. The Morgan fingerprint density at radius 2 is 2.56 bits per heavy atom. The predicted octanol–water partition coefficient (Wildman–Crippen LogP) is 1.75. The molecule has 0 aromatic carbocycles. The first-order chi connectivity index (χ1) is 7.74. The minimum absolute atomic E-state index is 0.427. The first-order valence-corrected chi connectivity index (χ1v) is 6.96. The third kappa shape index (κ3) is 2.62. The van der Waals surface area contributed by atoms with E-state index in [1.807, 2.05) is 24.2 Å². The van der Waals surface area contributed by atoms with Gasteiger partial charge in [-0.25, -0.2) is 0 Å². The largest absolute Gasteiger partial charge is 0.387 e. The first kappa shape index (κ1) is 12.0. The van der Waals surface area contributed by atoms with E-state index in [1.165, 1.54) is 5.56 Å². The number of hydrogen-bond acceptors (Lipinski definition) is 3. The summed E-state index contributed by atoms with van der Waals surface area (Å²) in [7, 11) is 0. The Labute approximate surface area is 101 Å². The molecule has 1 saturated carbocycles. The fourth-order valence-electron chi connectivity index (χ4n) is 2.13. The van der Waals surface area contributed by atoms with Crippen LogP contribution < -0.4 is 5.32 Å². The van der Waals surface area contributed by atoms with Crippen molar-refractivity contribution in [1.29, 1.82) is 0 Å². The summed E-state index contributed by atoms with van der Waals surface area (Å²) < 4.78 is 0. The Bertz CT molecular complexity index is 315. The lowest BCUT2D eigenvalue weighted by Gasteiger charge is -2.45. The summed E-state index contributed by atoms with van der Waals surface area (Å²) in [4.78, 5) is 3.03. The number of thioether (sulfide) groups is 1. The van der Waals surface area contributed by atoms with E-state index in [4.69, 9.17) is 0 Å². The normalized spacial score (nSPS) is 29.0. The molecule has 0 saturated heterocycles. The average Bonchev–Trinajstić information content (AvgIpc) is 2.77. The van der Waals surface area contributed by atoms with Crippen LogP contribution in [0.3, 0.4) is 0 Å². The van der Waals surface area contributed by atoms with Crippen molar-refractivity contribution in [2.45, 2.75) is 37.2 Å². The molecule has 4 heteroatoms. The van der Waals surface area contributed by atoms with Crippen LogP contribution in [-0.2, 0) is 6.54 Å². The summed E-state index contributed by atoms with van der Waals surface area (Å²) in [5, 5.41) is 14.1. The molecule has 3 N–H and O–H groups in total. The van der Waals surface area contributed by atoms with E-state index in [0.717, 1.165) is 25.1 Å². The number of rotatable bonds is 6. The van der Waals surface area contributed by atoms with Gasteiger partial charge in [-0.05, 0) is 30.2 Å². The Hall–Kier alpha value is -0.450. The van der Waals surface area contributed by atoms with Gasteiger partial charge in [-0.1, -0.05) is 6.92 Å². The predicted molar refractivity (Wildman–Crippen MR) is 68.6 cm³/mol. The van der Waals surface area contributed by atoms with E-state index in [-0.39, 0.29) is 0 Å². The maximum atomic E-state index is 10.3. The van der Waals surface area contributed by atoms with E-state index in [2.05, 4.69) is 23.3 Å². The van der Waals surface area contributed by atoms with Gasteiger partial charge in [0.05, 0.1) is 5.60 Å². The van der Waals surface area contributed by atoms with Crippen molar-refractivity contribution in [2.75, 3.05) is 12.3 Å². The SMILES string of the molecule is CCSC1CCC1(O)CNCc1cc[nH]c1. The molecule has 2 atom stereocenters. The zero-order valence-electron chi connectivity index (χ0n) is 9.70. The molecule has 1 aromatic rings. The van der Waals surface area contributed by atoms with Crippen molar-refractivity contribution in [2.24, 2.45) is 0 Å². The van der Waals surface area contributed by atoms with Gasteiger partial charge in [0.25, 0.3) is 0 Å². The number of aromatic amines is 1. The molecule has 0 amide bonds. The lowest BCUT2D eigenvalue weighted by Crippen LogP contribution is -2.56. The van der Waals surface area contributed by atoms with Crippen molar-refractivity contribution in [3.05, 3.63) is 24.0 Å². The number of nitrogens with one attached hydrogen (secondary N) is 2. The highest BCUT2D eigenvalue weighted by atomic mass is 32.2. The molecule has 0 radical (unpaired) electrons. The second-order valence-corrected chi connectivity index (χ2v) is 5.89. The quantitative estimate of drug-likeness (QED) is 0.710. The van der Waals surface area contributed by atoms with Crippen LogP contribution in [0.5, 0.6) is 0 Å². The third-order valence-corrected chi connectivity index (χ3v) is 4.64. The van der Waals surface area contributed by atoms with Gasteiger partial charge in [-0.2, -0.15) is 11.8 Å². The van der Waals surface area contributed by atoms with E-state index in [9.17, 15) is 5.11 Å². The zero-order chi connectivity index (χ0) is 11.4. The number of hydrogen-bond donors (Lipinski definition) is 3. The second-order valence-electron chi connectivity index (χ2n) is 4.41. The summed E-state index contributed by atoms with van der Waals surface area (Å²) in [5.41, 5.74) is 0.763. The highest BCUT2D eigenvalue weighted by Crippen LogP contribution is 2.40. The van der Waals surface area contributed by atoms with Crippen LogP contribution in [0.25, 0.3) is 0 Å². The fraction of sp³-hybridized carbons (Fsp3) is 0.667. The topological polar surface area (TPSA) is 48.0 Å². The monoisotopic (exact) mass is 240 g/mol. The van der Waals surface area contributed by atoms with Crippen LogP contribution in [-0.4, -0.2) is 33.2 Å². The van der Waals surface area contributed by atoms with E-state index < -0.39 is 5.60 Å². The van der Waals surface area contributed by atoms with Gasteiger partial charge in [0.15, 0.2) is 0 Å². The molecule has 2 unspecified atom stereocenters. The molecule has 1 aliphatic carbocycles. The van der Waals surface area contributed by atoms with Crippen LogP contribution in [0.4, 0.5) is 0 Å². The lowest BCUT2D eigenvalue weighted by atomic mass is 9.79. The highest BCUT2D eigenvalue weighted by Gasteiger charge is 2.44. The maximum Gasteiger partial charge on any atom is 0.0889 e. The molecule has 1 fully saturated rings. The third-order valence-electron chi connectivity index (χ3n) is 3.23. The van der Waals surface area contributed by atoms with E-state index in [0.29, 0.717) is 11.8 Å². The molecule has 3 nitrogen and oxygen atoms in total. The van der Waals surface area contributed by atoms with Crippen LogP contribution in [0.2, 0.25) is 0 Å². The zero-order valence-corrected chi connectivity index (χ0v) is 10.5. The van der Waals surface area contributed by atoms with Crippen molar-refractivity contribution >= 4 is 11.8 Å². The summed E-state index contributed by atoms with van der Waals surface area (Å²) in [6, 6.07) is 2.05. The van der Waals surface area contributed by atoms with Gasteiger partial charge in [0, 0.05) is 30.7 Å². The van der Waals surface area contributed by atoms with Crippen LogP contribution in [0, 0.1) is 0 Å². The molecular formula is C12H20N2OS. The minimum Gasteiger partial charge on any atom is -0.387 e. The molecule has 0 spiro atoms. The lowest BCUT2D eigenvalue weighted by molar-refractivity contribution is -0.0234. The van der Waals surface area contributed by atoms with Gasteiger partial charge in [-0.3, -0.25) is 0 Å². The van der Waals surface area contributed by atoms with Gasteiger partial charge in [-0.15, -0.1) is 0 Å². The molecule has 2 rings (SSSR count). The number of aliphatic hydroxyl groups is 1. The summed E-state index contributed by atoms with van der Waals surface area (Å²) in [5.74, 6) is 1.09. The first-order valence-electron chi connectivity index (χ1n) is 5.91. The Morgan fingerprint density at radius 3 is 3.12 bits per heavy atom. The molecule has 0 aliphatic heterocycles. The Kier molecular flexibility index (Phi) is 3.95.